The van der Waals surface area contributed by atoms with Gasteiger partial charge in [-0.2, -0.15) is 0 Å². The molecule has 3 aromatic rings. The van der Waals surface area contributed by atoms with Gasteiger partial charge in [-0.3, -0.25) is 19.7 Å². The lowest BCUT2D eigenvalue weighted by Crippen LogP contribution is -2.39. The number of aryl methyl sites for hydroxylation is 1. The summed E-state index contributed by atoms with van der Waals surface area (Å²) in [5, 5.41) is 0. The fourth-order valence-corrected chi connectivity index (χ4v) is 5.42. The van der Waals surface area contributed by atoms with Crippen LogP contribution in [0.3, 0.4) is 0 Å². The molecule has 5 heterocycles. The van der Waals surface area contributed by atoms with Gasteiger partial charge in [0, 0.05) is 69.0 Å². The molecule has 2 aliphatic heterocycles. The van der Waals surface area contributed by atoms with Crippen molar-refractivity contribution in [3.63, 3.8) is 0 Å². The van der Waals surface area contributed by atoms with Crippen LogP contribution in [0.2, 0.25) is 0 Å². The van der Waals surface area contributed by atoms with Crippen molar-refractivity contribution in [1.82, 2.24) is 29.3 Å². The van der Waals surface area contributed by atoms with E-state index >= 15 is 0 Å². The maximum Gasteiger partial charge on any atom is 0.231 e. The Morgan fingerprint density at radius 3 is 2.70 bits per heavy atom. The summed E-state index contributed by atoms with van der Waals surface area (Å²) in [7, 11) is 0. The van der Waals surface area contributed by atoms with Crippen LogP contribution < -0.4 is 0 Å². The van der Waals surface area contributed by atoms with Gasteiger partial charge in [-0.1, -0.05) is 6.07 Å². The second kappa shape index (κ2) is 8.71. The second-order valence-corrected chi connectivity index (χ2v) is 9.82. The normalized spacial score (nSPS) is 23.3. The Hall–Kier alpha value is -3.06. The SMILES string of the molecule is Cc1cccc(CN2C[C@H](c3cn(C(C)C)cn3)[C@]3(CCN(Cc4ccncc4)C3=O)C2)n1. The van der Waals surface area contributed by atoms with Crippen molar-refractivity contribution >= 4 is 5.91 Å². The number of imidazole rings is 1. The van der Waals surface area contributed by atoms with Gasteiger partial charge in [-0.05, 0) is 57.0 Å². The highest BCUT2D eigenvalue weighted by atomic mass is 16.2. The van der Waals surface area contributed by atoms with Gasteiger partial charge < -0.3 is 9.47 Å². The lowest BCUT2D eigenvalue weighted by atomic mass is 9.75. The molecule has 0 bridgehead atoms. The van der Waals surface area contributed by atoms with E-state index in [4.69, 9.17) is 9.97 Å². The fraction of sp³-hybridized carbons (Fsp3) is 0.462. The average molecular weight is 445 g/mol. The Morgan fingerprint density at radius 2 is 1.97 bits per heavy atom. The van der Waals surface area contributed by atoms with Crippen molar-refractivity contribution in [2.45, 2.75) is 52.2 Å². The lowest BCUT2D eigenvalue weighted by Gasteiger charge is -2.28. The lowest BCUT2D eigenvalue weighted by molar-refractivity contribution is -0.136. The molecule has 1 spiro atoms. The van der Waals surface area contributed by atoms with Crippen molar-refractivity contribution in [3.8, 4) is 0 Å². The number of pyridine rings is 2. The smallest absolute Gasteiger partial charge is 0.231 e. The average Bonchev–Trinajstić information content (AvgIpc) is 3.49. The Labute approximate surface area is 195 Å². The third kappa shape index (κ3) is 4.17. The van der Waals surface area contributed by atoms with Crippen molar-refractivity contribution in [2.75, 3.05) is 19.6 Å². The molecule has 2 aliphatic rings. The zero-order chi connectivity index (χ0) is 23.0. The van der Waals surface area contributed by atoms with E-state index in [1.54, 1.807) is 12.4 Å². The molecule has 7 heteroatoms. The molecule has 0 aromatic carbocycles. The minimum Gasteiger partial charge on any atom is -0.338 e. The molecule has 7 nitrogen and oxygen atoms in total. The number of rotatable bonds is 6. The predicted molar refractivity (Wildman–Crippen MR) is 126 cm³/mol. The van der Waals surface area contributed by atoms with Gasteiger partial charge in [-0.15, -0.1) is 0 Å². The molecule has 2 saturated heterocycles. The van der Waals surface area contributed by atoms with Crippen molar-refractivity contribution in [1.29, 1.82) is 0 Å². The zero-order valence-electron chi connectivity index (χ0n) is 19.7. The van der Waals surface area contributed by atoms with E-state index in [9.17, 15) is 4.79 Å². The topological polar surface area (TPSA) is 67.2 Å². The van der Waals surface area contributed by atoms with Crippen LogP contribution in [-0.2, 0) is 17.9 Å². The van der Waals surface area contributed by atoms with Crippen molar-refractivity contribution in [2.24, 2.45) is 5.41 Å². The Kier molecular flexibility index (Phi) is 5.74. The van der Waals surface area contributed by atoms with Gasteiger partial charge in [0.2, 0.25) is 5.91 Å². The zero-order valence-corrected chi connectivity index (χ0v) is 19.7. The van der Waals surface area contributed by atoms with Crippen LogP contribution in [0.15, 0.2) is 55.2 Å². The molecule has 0 saturated carbocycles. The summed E-state index contributed by atoms with van der Waals surface area (Å²) in [4.78, 5) is 32.0. The molecular formula is C26H32N6O. The van der Waals surface area contributed by atoms with Gasteiger partial charge >= 0.3 is 0 Å². The third-order valence-corrected chi connectivity index (χ3v) is 7.18. The highest BCUT2D eigenvalue weighted by Gasteiger charge is 2.57. The number of carbonyl (C=O) groups excluding carboxylic acids is 1. The second-order valence-electron chi connectivity index (χ2n) is 9.82. The standard InChI is InChI=1S/C26H32N6O/c1-19(2)32-16-24(28-18-32)23-15-30(14-22-6-4-5-20(3)29-22)17-26(23)9-12-31(25(26)33)13-21-7-10-27-11-8-21/h4-8,10-11,16,18-19,23H,9,12-15,17H2,1-3H3/t23-,26+/m1/s1. The molecular weight excluding hydrogens is 412 g/mol. The third-order valence-electron chi connectivity index (χ3n) is 7.18. The van der Waals surface area contributed by atoms with Crippen LogP contribution in [0.1, 0.15) is 54.9 Å². The van der Waals surface area contributed by atoms with Crippen LogP contribution in [-0.4, -0.2) is 54.9 Å². The van der Waals surface area contributed by atoms with Crippen LogP contribution >= 0.6 is 0 Å². The minimum atomic E-state index is -0.437. The molecule has 2 fully saturated rings. The first-order valence-electron chi connectivity index (χ1n) is 11.8. The molecule has 0 radical (unpaired) electrons. The molecule has 172 valence electrons. The highest BCUT2D eigenvalue weighted by molar-refractivity contribution is 5.86. The van der Waals surface area contributed by atoms with Gasteiger partial charge in [-0.25, -0.2) is 4.98 Å². The summed E-state index contributed by atoms with van der Waals surface area (Å²) in [6.45, 7) is 10.1. The van der Waals surface area contributed by atoms with E-state index in [0.717, 1.165) is 55.2 Å². The van der Waals surface area contributed by atoms with Crippen LogP contribution in [0.25, 0.3) is 0 Å². The van der Waals surface area contributed by atoms with Gasteiger partial charge in [0.15, 0.2) is 0 Å². The molecule has 0 N–H and O–H groups in total. The van der Waals surface area contributed by atoms with Gasteiger partial charge in [0.05, 0.1) is 23.1 Å². The fourth-order valence-electron chi connectivity index (χ4n) is 5.42. The van der Waals surface area contributed by atoms with Crippen LogP contribution in [0.5, 0.6) is 0 Å². The number of nitrogens with zero attached hydrogens (tertiary/aromatic N) is 6. The molecule has 0 aliphatic carbocycles. The highest BCUT2D eigenvalue weighted by Crippen LogP contribution is 2.50. The number of carbonyl (C=O) groups is 1. The minimum absolute atomic E-state index is 0.0808. The number of hydrogen-bond acceptors (Lipinski definition) is 5. The first-order chi connectivity index (χ1) is 15.9. The largest absolute Gasteiger partial charge is 0.338 e. The van der Waals surface area contributed by atoms with Gasteiger partial charge in [0.1, 0.15) is 0 Å². The quantitative estimate of drug-likeness (QED) is 0.581. The molecule has 0 unspecified atom stereocenters. The first kappa shape index (κ1) is 21.8. The molecule has 33 heavy (non-hydrogen) atoms. The predicted octanol–water partition coefficient (Wildman–Crippen LogP) is 3.58. The summed E-state index contributed by atoms with van der Waals surface area (Å²) in [5.41, 5.74) is 3.79. The Morgan fingerprint density at radius 1 is 1.15 bits per heavy atom. The van der Waals surface area contributed by atoms with E-state index in [2.05, 4.69) is 46.6 Å². The van der Waals surface area contributed by atoms with Crippen LogP contribution in [0, 0.1) is 12.3 Å². The summed E-state index contributed by atoms with van der Waals surface area (Å²) in [6.07, 6.45) is 8.49. The van der Waals surface area contributed by atoms with Crippen molar-refractivity contribution in [3.05, 3.63) is 77.9 Å². The first-order valence-corrected chi connectivity index (χ1v) is 11.8. The number of likely N-dealkylation sites (tertiary alicyclic amines) is 2. The van der Waals surface area contributed by atoms with E-state index in [1.165, 1.54) is 0 Å². The van der Waals surface area contributed by atoms with E-state index < -0.39 is 5.41 Å². The monoisotopic (exact) mass is 444 g/mol. The summed E-state index contributed by atoms with van der Waals surface area (Å²) >= 11 is 0. The molecule has 5 rings (SSSR count). The van der Waals surface area contributed by atoms with Crippen molar-refractivity contribution < 1.29 is 4.79 Å². The Bertz CT molecular complexity index is 1130. The van der Waals surface area contributed by atoms with E-state index in [-0.39, 0.29) is 11.8 Å². The maximum absolute atomic E-state index is 13.9. The summed E-state index contributed by atoms with van der Waals surface area (Å²) in [6, 6.07) is 10.5. The Balaban J connectivity index is 1.43. The molecule has 2 atom stereocenters. The van der Waals surface area contributed by atoms with E-state index in [1.807, 2.05) is 36.4 Å². The van der Waals surface area contributed by atoms with Crippen LogP contribution in [0.4, 0.5) is 0 Å². The summed E-state index contributed by atoms with van der Waals surface area (Å²) < 4.78 is 2.14. The maximum atomic E-state index is 13.9. The molecule has 1 amide bonds. The molecule has 3 aromatic heterocycles. The number of amides is 1. The van der Waals surface area contributed by atoms with E-state index in [0.29, 0.717) is 12.6 Å². The number of aromatic nitrogens is 4. The number of hydrogen-bond donors (Lipinski definition) is 0. The van der Waals surface area contributed by atoms with Gasteiger partial charge in [0.25, 0.3) is 0 Å². The summed E-state index contributed by atoms with van der Waals surface area (Å²) in [5.74, 6) is 0.334.